The molecule has 0 fully saturated rings. The number of hydrogen-bond donors (Lipinski definition) is 1. The number of anilines is 1. The maximum atomic E-state index is 12.3. The van der Waals surface area contributed by atoms with Gasteiger partial charge in [0.15, 0.2) is 0 Å². The summed E-state index contributed by atoms with van der Waals surface area (Å²) in [5, 5.41) is 2.71. The van der Waals surface area contributed by atoms with Gasteiger partial charge in [-0.15, -0.1) is 0 Å². The van der Waals surface area contributed by atoms with E-state index < -0.39 is 12.5 Å². The minimum absolute atomic E-state index is 0.563. The molecule has 1 aromatic rings. The van der Waals surface area contributed by atoms with Crippen LogP contribution in [0, 0.1) is 0 Å². The van der Waals surface area contributed by atoms with Crippen LogP contribution in [0.2, 0.25) is 0 Å². The second-order valence-corrected chi connectivity index (χ2v) is 3.23. The summed E-state index contributed by atoms with van der Waals surface area (Å²) in [6.45, 7) is 3.88. The smallest absolute Gasteiger partial charge is 0.258 e. The first kappa shape index (κ1) is 11.8. The number of benzene rings is 1. The average Bonchev–Trinajstić information content (AvgIpc) is 2.18. The molecule has 84 valence electrons. The maximum absolute atomic E-state index is 12.3. The molecule has 0 heterocycles. The quantitative estimate of drug-likeness (QED) is 0.814. The summed E-state index contributed by atoms with van der Waals surface area (Å²) in [5.74, 6) is 0.684. The normalized spacial score (nSPS) is 12.6. The highest BCUT2D eigenvalue weighted by atomic mass is 19.3. The van der Waals surface area contributed by atoms with Crippen molar-refractivity contribution in [2.75, 3.05) is 11.9 Å². The Morgan fingerprint density at radius 2 is 2.13 bits per heavy atom. The summed E-state index contributed by atoms with van der Waals surface area (Å²) in [6, 6.07) is 6.15. The monoisotopic (exact) mass is 215 g/mol. The molecule has 1 aromatic carbocycles. The van der Waals surface area contributed by atoms with Crippen molar-refractivity contribution in [1.29, 1.82) is 0 Å². The molecule has 2 nitrogen and oxygen atoms in total. The van der Waals surface area contributed by atoms with Gasteiger partial charge in [0.1, 0.15) is 5.75 Å². The number of nitrogens with one attached hydrogen (secondary N) is 1. The number of ether oxygens (including phenoxy) is 1. The molecule has 0 radical (unpaired) electrons. The van der Waals surface area contributed by atoms with E-state index in [-0.39, 0.29) is 0 Å². The summed E-state index contributed by atoms with van der Waals surface area (Å²) in [6.07, 6.45) is -2.37. The Kier molecular flexibility index (Phi) is 4.34. The highest BCUT2D eigenvalue weighted by Gasteiger charge is 2.13. The third kappa shape index (κ3) is 3.73. The zero-order valence-electron chi connectivity index (χ0n) is 8.84. The van der Waals surface area contributed by atoms with Gasteiger partial charge in [0.25, 0.3) is 6.43 Å². The molecule has 15 heavy (non-hydrogen) atoms. The zero-order chi connectivity index (χ0) is 11.3. The van der Waals surface area contributed by atoms with E-state index >= 15 is 0 Å². The molecule has 1 atom stereocenters. The second kappa shape index (κ2) is 5.53. The SMILES string of the molecule is CCOc1cccc(NC(C)C(F)F)c1. The first-order valence-corrected chi connectivity index (χ1v) is 4.91. The number of alkyl halides is 2. The van der Waals surface area contributed by atoms with Crippen molar-refractivity contribution in [2.45, 2.75) is 26.3 Å². The van der Waals surface area contributed by atoms with Crippen LogP contribution in [0.1, 0.15) is 13.8 Å². The highest BCUT2D eigenvalue weighted by Crippen LogP contribution is 2.19. The predicted octanol–water partition coefficient (Wildman–Crippen LogP) is 3.15. The summed E-state index contributed by atoms with van der Waals surface area (Å²) in [7, 11) is 0. The molecule has 1 rings (SSSR count). The molecule has 0 aliphatic heterocycles. The molecule has 0 aliphatic rings. The standard InChI is InChI=1S/C11H15F2NO/c1-3-15-10-6-4-5-9(7-10)14-8(2)11(12)13/h4-8,11,14H,3H2,1-2H3. The third-order valence-electron chi connectivity index (χ3n) is 1.92. The summed E-state index contributed by atoms with van der Waals surface area (Å²) < 4.78 is 29.8. The topological polar surface area (TPSA) is 21.3 Å². The minimum atomic E-state index is -2.37. The van der Waals surface area contributed by atoms with E-state index in [0.717, 1.165) is 0 Å². The van der Waals surface area contributed by atoms with Crippen molar-refractivity contribution < 1.29 is 13.5 Å². The minimum Gasteiger partial charge on any atom is -0.494 e. The Morgan fingerprint density at radius 1 is 1.40 bits per heavy atom. The van der Waals surface area contributed by atoms with E-state index in [1.165, 1.54) is 6.92 Å². The lowest BCUT2D eigenvalue weighted by atomic mass is 10.2. The molecule has 0 spiro atoms. The van der Waals surface area contributed by atoms with E-state index in [1.807, 2.05) is 6.92 Å². The van der Waals surface area contributed by atoms with Gasteiger partial charge in [-0.1, -0.05) is 6.07 Å². The maximum Gasteiger partial charge on any atom is 0.258 e. The van der Waals surface area contributed by atoms with Crippen molar-refractivity contribution in [2.24, 2.45) is 0 Å². The van der Waals surface area contributed by atoms with Gasteiger partial charge in [0, 0.05) is 11.8 Å². The van der Waals surface area contributed by atoms with Gasteiger partial charge in [-0.3, -0.25) is 0 Å². The van der Waals surface area contributed by atoms with Crippen LogP contribution >= 0.6 is 0 Å². The Bertz CT molecular complexity index is 304. The van der Waals surface area contributed by atoms with Crippen LogP contribution in [0.3, 0.4) is 0 Å². The fourth-order valence-electron chi connectivity index (χ4n) is 1.17. The predicted molar refractivity (Wildman–Crippen MR) is 56.7 cm³/mol. The van der Waals surface area contributed by atoms with Crippen LogP contribution in [0.5, 0.6) is 5.75 Å². The van der Waals surface area contributed by atoms with E-state index in [4.69, 9.17) is 4.74 Å². The second-order valence-electron chi connectivity index (χ2n) is 3.23. The van der Waals surface area contributed by atoms with Gasteiger partial charge < -0.3 is 10.1 Å². The van der Waals surface area contributed by atoms with E-state index in [0.29, 0.717) is 18.0 Å². The van der Waals surface area contributed by atoms with Gasteiger partial charge in [-0.05, 0) is 26.0 Å². The van der Waals surface area contributed by atoms with Crippen LogP contribution < -0.4 is 10.1 Å². The summed E-state index contributed by atoms with van der Waals surface area (Å²) in [4.78, 5) is 0. The molecular formula is C11H15F2NO. The Labute approximate surface area is 88.3 Å². The van der Waals surface area contributed by atoms with E-state index in [9.17, 15) is 8.78 Å². The molecule has 1 N–H and O–H groups in total. The molecule has 4 heteroatoms. The number of halogens is 2. The largest absolute Gasteiger partial charge is 0.494 e. The Balaban J connectivity index is 2.64. The molecule has 0 aliphatic carbocycles. The molecule has 0 amide bonds. The lowest BCUT2D eigenvalue weighted by Gasteiger charge is -2.14. The first-order valence-electron chi connectivity index (χ1n) is 4.91. The van der Waals surface area contributed by atoms with Gasteiger partial charge in [0.05, 0.1) is 12.6 Å². The lowest BCUT2D eigenvalue weighted by Crippen LogP contribution is -2.23. The first-order chi connectivity index (χ1) is 7.13. The Morgan fingerprint density at radius 3 is 2.73 bits per heavy atom. The zero-order valence-corrected chi connectivity index (χ0v) is 8.84. The molecule has 0 saturated carbocycles. The van der Waals surface area contributed by atoms with Crippen LogP contribution in [0.15, 0.2) is 24.3 Å². The van der Waals surface area contributed by atoms with Crippen molar-refractivity contribution in [1.82, 2.24) is 0 Å². The lowest BCUT2D eigenvalue weighted by molar-refractivity contribution is 0.130. The number of rotatable bonds is 5. The van der Waals surface area contributed by atoms with E-state index in [1.54, 1.807) is 24.3 Å². The molecule has 1 unspecified atom stereocenters. The van der Waals surface area contributed by atoms with Crippen molar-refractivity contribution in [3.05, 3.63) is 24.3 Å². The van der Waals surface area contributed by atoms with Crippen LogP contribution in [-0.2, 0) is 0 Å². The van der Waals surface area contributed by atoms with Gasteiger partial charge >= 0.3 is 0 Å². The van der Waals surface area contributed by atoms with Crippen molar-refractivity contribution >= 4 is 5.69 Å². The molecule has 0 aromatic heterocycles. The van der Waals surface area contributed by atoms with Crippen molar-refractivity contribution in [3.63, 3.8) is 0 Å². The van der Waals surface area contributed by atoms with Crippen molar-refractivity contribution in [3.8, 4) is 5.75 Å². The summed E-state index contributed by atoms with van der Waals surface area (Å²) in [5.41, 5.74) is 0.647. The molecule has 0 saturated heterocycles. The summed E-state index contributed by atoms with van der Waals surface area (Å²) >= 11 is 0. The molecular weight excluding hydrogens is 200 g/mol. The van der Waals surface area contributed by atoms with Gasteiger partial charge in [-0.25, -0.2) is 8.78 Å². The fourth-order valence-corrected chi connectivity index (χ4v) is 1.17. The fraction of sp³-hybridized carbons (Fsp3) is 0.455. The van der Waals surface area contributed by atoms with Crippen LogP contribution in [0.4, 0.5) is 14.5 Å². The Hall–Kier alpha value is -1.32. The third-order valence-corrected chi connectivity index (χ3v) is 1.92. The average molecular weight is 215 g/mol. The molecule has 0 bridgehead atoms. The van der Waals surface area contributed by atoms with Crippen LogP contribution in [-0.4, -0.2) is 19.1 Å². The van der Waals surface area contributed by atoms with Gasteiger partial charge in [-0.2, -0.15) is 0 Å². The van der Waals surface area contributed by atoms with Gasteiger partial charge in [0.2, 0.25) is 0 Å². The van der Waals surface area contributed by atoms with E-state index in [2.05, 4.69) is 5.32 Å². The highest BCUT2D eigenvalue weighted by molar-refractivity contribution is 5.48. The van der Waals surface area contributed by atoms with Crippen LogP contribution in [0.25, 0.3) is 0 Å². The number of hydrogen-bond acceptors (Lipinski definition) is 2.